The van der Waals surface area contributed by atoms with Gasteiger partial charge in [0.2, 0.25) is 17.7 Å². The summed E-state index contributed by atoms with van der Waals surface area (Å²) >= 11 is 1.28. The molecule has 1 heterocycles. The van der Waals surface area contributed by atoms with Crippen molar-refractivity contribution < 1.29 is 23.9 Å². The van der Waals surface area contributed by atoms with Crippen molar-refractivity contribution in [2.24, 2.45) is 11.8 Å². The smallest absolute Gasteiger partial charge is 0.245 e. The Kier molecular flexibility index (Phi) is 11.6. The summed E-state index contributed by atoms with van der Waals surface area (Å²) in [6, 6.07) is 5.73. The largest absolute Gasteiger partial charge is 0.493 e. The van der Waals surface area contributed by atoms with E-state index in [-0.39, 0.29) is 42.5 Å². The molecular weight excluding hydrogens is 516 g/mol. The first-order chi connectivity index (χ1) is 18.7. The maximum Gasteiger partial charge on any atom is 0.245 e. The monoisotopic (exact) mass is 558 g/mol. The normalized spacial score (nSPS) is 13.7. The van der Waals surface area contributed by atoms with Crippen molar-refractivity contribution in [2.45, 2.75) is 58.8 Å². The molecule has 1 aromatic carbocycles. The van der Waals surface area contributed by atoms with E-state index in [1.807, 2.05) is 32.0 Å². The predicted octanol–water partition coefficient (Wildman–Crippen LogP) is 4.41. The van der Waals surface area contributed by atoms with Gasteiger partial charge in [0.25, 0.3) is 0 Å². The van der Waals surface area contributed by atoms with Crippen LogP contribution in [0.4, 0.5) is 5.13 Å². The number of nitrogens with zero attached hydrogens (tertiary/aromatic N) is 3. The van der Waals surface area contributed by atoms with Crippen molar-refractivity contribution in [3.8, 4) is 11.5 Å². The third kappa shape index (κ3) is 9.23. The molecule has 1 aliphatic rings. The van der Waals surface area contributed by atoms with E-state index in [4.69, 9.17) is 9.47 Å². The minimum absolute atomic E-state index is 0.0141. The number of aromatic nitrogens is 1. The second kappa shape index (κ2) is 14.9. The quantitative estimate of drug-likeness (QED) is 0.391. The summed E-state index contributed by atoms with van der Waals surface area (Å²) in [4.78, 5) is 46.5. The highest BCUT2D eigenvalue weighted by atomic mass is 32.1. The van der Waals surface area contributed by atoms with Crippen molar-refractivity contribution in [1.82, 2.24) is 14.8 Å². The highest BCUT2D eigenvalue weighted by Crippen LogP contribution is 2.28. The molecule has 3 amide bonds. The minimum atomic E-state index is -0.265. The van der Waals surface area contributed by atoms with E-state index in [9.17, 15) is 14.4 Å². The van der Waals surface area contributed by atoms with Gasteiger partial charge < -0.3 is 24.6 Å². The number of ether oxygens (including phenoxy) is 2. The van der Waals surface area contributed by atoms with Crippen LogP contribution in [0, 0.1) is 11.8 Å². The zero-order chi connectivity index (χ0) is 28.4. The van der Waals surface area contributed by atoms with Crippen LogP contribution in [-0.4, -0.2) is 73.4 Å². The Morgan fingerprint density at radius 3 is 2.49 bits per heavy atom. The summed E-state index contributed by atoms with van der Waals surface area (Å²) < 4.78 is 10.6. The Bertz CT molecular complexity index is 1110. The lowest BCUT2D eigenvalue weighted by Gasteiger charge is -2.30. The van der Waals surface area contributed by atoms with Gasteiger partial charge in [-0.3, -0.25) is 14.4 Å². The van der Waals surface area contributed by atoms with Gasteiger partial charge in [-0.1, -0.05) is 39.2 Å². The van der Waals surface area contributed by atoms with E-state index >= 15 is 0 Å². The number of carbonyl (C=O) groups is 3. The van der Waals surface area contributed by atoms with E-state index in [1.54, 1.807) is 36.4 Å². The van der Waals surface area contributed by atoms with Crippen LogP contribution in [0.2, 0.25) is 0 Å². The average Bonchev–Trinajstić information content (AvgIpc) is 3.36. The van der Waals surface area contributed by atoms with Crippen molar-refractivity contribution in [3.63, 3.8) is 0 Å². The molecule has 3 rings (SSSR count). The van der Waals surface area contributed by atoms with Crippen LogP contribution in [0.15, 0.2) is 23.6 Å². The highest BCUT2D eigenvalue weighted by molar-refractivity contribution is 7.13. The van der Waals surface area contributed by atoms with Crippen LogP contribution in [0.5, 0.6) is 11.5 Å². The molecule has 214 valence electrons. The Balaban J connectivity index is 1.50. The van der Waals surface area contributed by atoms with Crippen LogP contribution in [0.1, 0.15) is 57.2 Å². The van der Waals surface area contributed by atoms with Gasteiger partial charge in [0.05, 0.1) is 32.9 Å². The maximum absolute atomic E-state index is 13.1. The number of benzene rings is 1. The highest BCUT2D eigenvalue weighted by Gasteiger charge is 2.28. The lowest BCUT2D eigenvalue weighted by Crippen LogP contribution is -2.43. The standard InChI is InChI=1S/C29H42N4O5S/c1-20(2)17-33(28(36)22-9-7-6-8-10-22)18-26(34)31-29-30-23(19-39-29)16-27(35)32(3)14-13-21-11-12-24(37-4)25(15-21)38-5/h11-12,15,19-20,22H,6-10,13-14,16-18H2,1-5H3,(H,30,31,34). The van der Waals surface area contributed by atoms with Crippen LogP contribution < -0.4 is 14.8 Å². The first-order valence-electron chi connectivity index (χ1n) is 13.7. The number of methoxy groups -OCH3 is 2. The van der Waals surface area contributed by atoms with Crippen LogP contribution in [0.3, 0.4) is 0 Å². The number of hydrogen-bond acceptors (Lipinski definition) is 7. The van der Waals surface area contributed by atoms with Crippen molar-refractivity contribution >= 4 is 34.2 Å². The molecule has 1 aliphatic carbocycles. The van der Waals surface area contributed by atoms with Gasteiger partial charge in [-0.05, 0) is 42.9 Å². The number of hydrogen-bond donors (Lipinski definition) is 1. The Hall–Kier alpha value is -3.14. The zero-order valence-corrected chi connectivity index (χ0v) is 24.6. The van der Waals surface area contributed by atoms with E-state index in [1.165, 1.54) is 17.8 Å². The van der Waals surface area contributed by atoms with Gasteiger partial charge in [0.1, 0.15) is 0 Å². The van der Waals surface area contributed by atoms with Gasteiger partial charge in [0, 0.05) is 31.4 Å². The van der Waals surface area contributed by atoms with E-state index in [0.29, 0.717) is 41.8 Å². The molecule has 1 aromatic heterocycles. The number of rotatable bonds is 13. The molecule has 0 aliphatic heterocycles. The maximum atomic E-state index is 13.1. The molecule has 0 bridgehead atoms. The van der Waals surface area contributed by atoms with Crippen LogP contribution in [-0.2, 0) is 27.2 Å². The number of thiazole rings is 1. The number of amides is 3. The summed E-state index contributed by atoms with van der Waals surface area (Å²) in [5.41, 5.74) is 1.65. The SMILES string of the molecule is COc1ccc(CCN(C)C(=O)Cc2csc(NC(=O)CN(CC(C)C)C(=O)C3CCCCC3)n2)cc1OC. The first kappa shape index (κ1) is 30.4. The van der Waals surface area contributed by atoms with Gasteiger partial charge in [-0.15, -0.1) is 11.3 Å². The van der Waals surface area contributed by atoms with Gasteiger partial charge in [0.15, 0.2) is 16.6 Å². The molecule has 39 heavy (non-hydrogen) atoms. The molecule has 1 fully saturated rings. The van der Waals surface area contributed by atoms with Crippen LogP contribution in [0.25, 0.3) is 0 Å². The van der Waals surface area contributed by atoms with E-state index in [2.05, 4.69) is 10.3 Å². The lowest BCUT2D eigenvalue weighted by molar-refractivity contribution is -0.139. The molecular formula is C29H42N4O5S. The fourth-order valence-electron chi connectivity index (χ4n) is 4.81. The molecule has 0 radical (unpaired) electrons. The van der Waals surface area contributed by atoms with Crippen molar-refractivity contribution in [1.29, 1.82) is 0 Å². The Morgan fingerprint density at radius 1 is 1.10 bits per heavy atom. The fourth-order valence-corrected chi connectivity index (χ4v) is 5.53. The summed E-state index contributed by atoms with van der Waals surface area (Å²) in [6.07, 6.45) is 5.95. The molecule has 1 saturated carbocycles. The number of nitrogens with one attached hydrogen (secondary N) is 1. The molecule has 10 heteroatoms. The minimum Gasteiger partial charge on any atom is -0.493 e. The molecule has 0 unspecified atom stereocenters. The third-order valence-electron chi connectivity index (χ3n) is 6.93. The number of carbonyl (C=O) groups excluding carboxylic acids is 3. The second-order valence-electron chi connectivity index (χ2n) is 10.6. The van der Waals surface area contributed by atoms with Crippen LogP contribution >= 0.6 is 11.3 Å². The van der Waals surface area contributed by atoms with E-state index < -0.39 is 0 Å². The summed E-state index contributed by atoms with van der Waals surface area (Å²) in [7, 11) is 4.96. The summed E-state index contributed by atoms with van der Waals surface area (Å²) in [6.45, 7) is 5.21. The molecule has 2 aromatic rings. The molecule has 1 N–H and O–H groups in total. The Morgan fingerprint density at radius 2 is 1.82 bits per heavy atom. The lowest BCUT2D eigenvalue weighted by atomic mass is 9.88. The van der Waals surface area contributed by atoms with E-state index in [0.717, 1.165) is 31.2 Å². The number of anilines is 1. The van der Waals surface area contributed by atoms with Crippen molar-refractivity contribution in [2.75, 3.05) is 46.2 Å². The number of likely N-dealkylation sites (N-methyl/N-ethyl adjacent to an activating group) is 1. The van der Waals surface area contributed by atoms with Gasteiger partial charge in [-0.25, -0.2) is 4.98 Å². The van der Waals surface area contributed by atoms with Gasteiger partial charge in [-0.2, -0.15) is 0 Å². The van der Waals surface area contributed by atoms with Crippen molar-refractivity contribution in [3.05, 3.63) is 34.8 Å². The first-order valence-corrected chi connectivity index (χ1v) is 14.6. The fraction of sp³-hybridized carbons (Fsp3) is 0.586. The van der Waals surface area contributed by atoms with Gasteiger partial charge >= 0.3 is 0 Å². The molecule has 0 saturated heterocycles. The molecule has 0 spiro atoms. The molecule has 0 atom stereocenters. The third-order valence-corrected chi connectivity index (χ3v) is 7.73. The summed E-state index contributed by atoms with van der Waals surface area (Å²) in [5, 5.41) is 5.04. The predicted molar refractivity (Wildman–Crippen MR) is 153 cm³/mol. The summed E-state index contributed by atoms with van der Waals surface area (Å²) in [5.74, 6) is 1.38. The average molecular weight is 559 g/mol. The molecule has 9 nitrogen and oxygen atoms in total. The second-order valence-corrected chi connectivity index (χ2v) is 11.4. The zero-order valence-electron chi connectivity index (χ0n) is 23.8. The topological polar surface area (TPSA) is 101 Å². The Labute approximate surface area is 235 Å².